The highest BCUT2D eigenvalue weighted by Gasteiger charge is 2.26. The van der Waals surface area contributed by atoms with Crippen molar-refractivity contribution < 1.29 is 9.53 Å². The van der Waals surface area contributed by atoms with Crippen molar-refractivity contribution in [3.05, 3.63) is 48.3 Å². The molecule has 1 amide bonds. The monoisotopic (exact) mass is 449 g/mol. The van der Waals surface area contributed by atoms with E-state index in [1.165, 1.54) is 22.9 Å². The number of carbonyl (C=O) groups is 1. The van der Waals surface area contributed by atoms with E-state index in [0.29, 0.717) is 31.5 Å². The molecule has 33 heavy (non-hydrogen) atoms. The van der Waals surface area contributed by atoms with Gasteiger partial charge in [0.15, 0.2) is 0 Å². The number of nitrogens with zero attached hydrogens (tertiary/aromatic N) is 4. The highest BCUT2D eigenvalue weighted by Crippen LogP contribution is 2.28. The average Bonchev–Trinajstić information content (AvgIpc) is 3.14. The van der Waals surface area contributed by atoms with Gasteiger partial charge in [-0.25, -0.2) is 9.79 Å². The Hall–Kier alpha value is -3.09. The Morgan fingerprint density at radius 1 is 1.27 bits per heavy atom. The Balaban J connectivity index is 1.39. The zero-order valence-corrected chi connectivity index (χ0v) is 20.0. The number of amides is 1. The van der Waals surface area contributed by atoms with E-state index in [1.54, 1.807) is 11.1 Å². The number of nitrogens with one attached hydrogen (secondary N) is 1. The zero-order valence-electron chi connectivity index (χ0n) is 20.0. The summed E-state index contributed by atoms with van der Waals surface area (Å²) in [4.78, 5) is 23.4. The van der Waals surface area contributed by atoms with Crippen LogP contribution in [0.15, 0.2) is 47.2 Å². The van der Waals surface area contributed by atoms with E-state index in [0.717, 1.165) is 31.4 Å². The third-order valence-electron chi connectivity index (χ3n) is 6.18. The molecule has 3 heterocycles. The van der Waals surface area contributed by atoms with Crippen LogP contribution in [0.1, 0.15) is 51.2 Å². The van der Waals surface area contributed by atoms with Gasteiger partial charge >= 0.3 is 6.09 Å². The van der Waals surface area contributed by atoms with Crippen molar-refractivity contribution in [2.45, 2.75) is 58.6 Å². The fourth-order valence-corrected chi connectivity index (χ4v) is 4.57. The summed E-state index contributed by atoms with van der Waals surface area (Å²) in [5, 5.41) is 4.30. The number of carbonyl (C=O) groups excluding carboxylic acids is 1. The van der Waals surface area contributed by atoms with Crippen molar-refractivity contribution in [3.63, 3.8) is 0 Å². The average molecular weight is 450 g/mol. The zero-order chi connectivity index (χ0) is 23.4. The highest BCUT2D eigenvalue weighted by atomic mass is 16.6. The Kier molecular flexibility index (Phi) is 6.86. The van der Waals surface area contributed by atoms with Gasteiger partial charge in [0, 0.05) is 49.5 Å². The summed E-state index contributed by atoms with van der Waals surface area (Å²) in [5.41, 5.74) is 3.39. The molecule has 0 saturated carbocycles. The molecule has 176 valence electrons. The van der Waals surface area contributed by atoms with Crippen molar-refractivity contribution in [2.24, 2.45) is 15.9 Å². The van der Waals surface area contributed by atoms with E-state index < -0.39 is 5.60 Å². The molecule has 1 aromatic carbocycles. The number of hydrogen-bond donors (Lipinski definition) is 1. The molecule has 7 heteroatoms. The minimum atomic E-state index is -0.465. The predicted molar refractivity (Wildman–Crippen MR) is 134 cm³/mol. The number of likely N-dealkylation sites (tertiary alicyclic amines) is 1. The van der Waals surface area contributed by atoms with Crippen molar-refractivity contribution in [3.8, 4) is 0 Å². The molecule has 7 nitrogen and oxygen atoms in total. The fraction of sp³-hybridized carbons (Fsp3) is 0.500. The molecule has 0 aliphatic carbocycles. The normalized spacial score (nSPS) is 17.5. The number of para-hydroxylation sites is 1. The number of benzene rings is 1. The predicted octanol–water partition coefficient (Wildman–Crippen LogP) is 4.74. The van der Waals surface area contributed by atoms with Crippen molar-refractivity contribution in [2.75, 3.05) is 19.6 Å². The lowest BCUT2D eigenvalue weighted by atomic mass is 9.97. The Labute approximate surface area is 196 Å². The van der Waals surface area contributed by atoms with Gasteiger partial charge in [-0.3, -0.25) is 4.99 Å². The van der Waals surface area contributed by atoms with E-state index >= 15 is 0 Å². The van der Waals surface area contributed by atoms with E-state index in [4.69, 9.17) is 9.73 Å². The van der Waals surface area contributed by atoms with Crippen LogP contribution >= 0.6 is 0 Å². The van der Waals surface area contributed by atoms with Crippen LogP contribution in [0.5, 0.6) is 0 Å². The summed E-state index contributed by atoms with van der Waals surface area (Å²) in [6.45, 7) is 12.6. The third kappa shape index (κ3) is 5.64. The van der Waals surface area contributed by atoms with Gasteiger partial charge in [-0.1, -0.05) is 24.8 Å². The Morgan fingerprint density at radius 3 is 2.79 bits per heavy atom. The lowest BCUT2D eigenvalue weighted by molar-refractivity contribution is 0.0187. The van der Waals surface area contributed by atoms with Gasteiger partial charge < -0.3 is 19.5 Å². The van der Waals surface area contributed by atoms with Crippen LogP contribution in [0.4, 0.5) is 4.79 Å². The molecule has 1 fully saturated rings. The fourth-order valence-electron chi connectivity index (χ4n) is 4.57. The first-order valence-corrected chi connectivity index (χ1v) is 11.9. The maximum absolute atomic E-state index is 12.3. The Bertz CT molecular complexity index is 1070. The van der Waals surface area contributed by atoms with Crippen LogP contribution in [-0.2, 0) is 17.7 Å². The van der Waals surface area contributed by atoms with Crippen molar-refractivity contribution in [1.82, 2.24) is 14.8 Å². The molecule has 0 radical (unpaired) electrons. The van der Waals surface area contributed by atoms with Gasteiger partial charge in [-0.05, 0) is 64.1 Å². The van der Waals surface area contributed by atoms with E-state index in [9.17, 15) is 4.79 Å². The lowest BCUT2D eigenvalue weighted by Crippen LogP contribution is -2.42. The van der Waals surface area contributed by atoms with Crippen LogP contribution in [-0.4, -0.2) is 53.0 Å². The van der Waals surface area contributed by atoms with Crippen LogP contribution in [0.2, 0.25) is 0 Å². The molecule has 2 aliphatic rings. The van der Waals surface area contributed by atoms with Crippen LogP contribution < -0.4 is 5.32 Å². The quantitative estimate of drug-likeness (QED) is 0.541. The molecule has 1 aromatic heterocycles. The molecule has 0 spiro atoms. The molecule has 0 bridgehead atoms. The van der Waals surface area contributed by atoms with Crippen molar-refractivity contribution >= 4 is 29.2 Å². The molecular weight excluding hydrogens is 414 g/mol. The number of aliphatic imine (C=N–C) groups is 2. The van der Waals surface area contributed by atoms with Crippen LogP contribution in [0.25, 0.3) is 10.9 Å². The number of guanidine groups is 1. The van der Waals surface area contributed by atoms with E-state index in [-0.39, 0.29) is 6.09 Å². The summed E-state index contributed by atoms with van der Waals surface area (Å²) < 4.78 is 7.82. The van der Waals surface area contributed by atoms with Gasteiger partial charge in [-0.2, -0.15) is 0 Å². The van der Waals surface area contributed by atoms with E-state index in [1.807, 2.05) is 27.0 Å². The molecule has 1 N–H and O–H groups in total. The van der Waals surface area contributed by atoms with Crippen LogP contribution in [0, 0.1) is 5.92 Å². The summed E-state index contributed by atoms with van der Waals surface area (Å²) in [6.07, 6.45) is 9.59. The molecular formula is C26H35N5O2. The maximum Gasteiger partial charge on any atom is 0.410 e. The molecule has 0 atom stereocenters. The number of ether oxygens (including phenoxy) is 1. The van der Waals surface area contributed by atoms with E-state index in [2.05, 4.69) is 45.9 Å². The third-order valence-corrected chi connectivity index (χ3v) is 6.18. The summed E-state index contributed by atoms with van der Waals surface area (Å²) >= 11 is 0. The molecule has 1 saturated heterocycles. The number of rotatable bonds is 4. The molecule has 2 aromatic rings. The first-order valence-electron chi connectivity index (χ1n) is 11.9. The first kappa shape index (κ1) is 23.1. The number of aromatic nitrogens is 1. The maximum atomic E-state index is 12.3. The van der Waals surface area contributed by atoms with Gasteiger partial charge in [0.25, 0.3) is 0 Å². The minimum absolute atomic E-state index is 0.227. The van der Waals surface area contributed by atoms with Gasteiger partial charge in [0.2, 0.25) is 5.96 Å². The first-order chi connectivity index (χ1) is 15.8. The summed E-state index contributed by atoms with van der Waals surface area (Å²) in [6, 6.07) is 6.52. The summed E-state index contributed by atoms with van der Waals surface area (Å²) in [5.74, 6) is 0.977. The number of piperidine rings is 1. The van der Waals surface area contributed by atoms with Crippen LogP contribution in [0.3, 0.4) is 0 Å². The number of aryl methyl sites for hydroxylation is 2. The smallest absolute Gasteiger partial charge is 0.410 e. The number of hydrogen-bond acceptors (Lipinski definition) is 3. The topological polar surface area (TPSA) is 71.2 Å². The summed E-state index contributed by atoms with van der Waals surface area (Å²) in [7, 11) is 0. The lowest BCUT2D eigenvalue weighted by Gasteiger charge is -2.33. The highest BCUT2D eigenvalue weighted by molar-refractivity contribution is 6.04. The minimum Gasteiger partial charge on any atom is -0.444 e. The SMILES string of the molecule is C=CNC(N=Cc1cn2c3c(cccc13)CCC2)=NCC1CCN(C(=O)OC(C)(C)C)CC1. The van der Waals surface area contributed by atoms with Gasteiger partial charge in [0.05, 0.1) is 5.52 Å². The largest absolute Gasteiger partial charge is 0.444 e. The Morgan fingerprint density at radius 2 is 2.06 bits per heavy atom. The molecule has 0 unspecified atom stereocenters. The van der Waals surface area contributed by atoms with Crippen molar-refractivity contribution in [1.29, 1.82) is 0 Å². The van der Waals surface area contributed by atoms with Gasteiger partial charge in [-0.15, -0.1) is 0 Å². The second-order valence-electron chi connectivity index (χ2n) is 9.88. The second-order valence-corrected chi connectivity index (χ2v) is 9.88. The molecule has 4 rings (SSSR count). The standard InChI is InChI=1S/C26H35N5O2/c1-5-27-24(28-16-19-11-14-30(15-12-19)25(32)33-26(2,3)4)29-17-21-18-31-13-7-9-20-8-6-10-22(21)23(20)31/h5-6,8,10,17-19H,1,7,9,11-16H2,2-4H3,(H,27,28). The molecule has 2 aliphatic heterocycles. The van der Waals surface area contributed by atoms with Gasteiger partial charge in [0.1, 0.15) is 5.60 Å². The second kappa shape index (κ2) is 9.81.